The molecule has 0 saturated carbocycles. The zero-order valence-corrected chi connectivity index (χ0v) is 9.33. The Morgan fingerprint density at radius 3 is 2.71 bits per heavy atom. The molecule has 0 amide bonds. The van der Waals surface area contributed by atoms with Gasteiger partial charge in [-0.2, -0.15) is 5.26 Å². The van der Waals surface area contributed by atoms with Gasteiger partial charge in [0.15, 0.2) is 0 Å². The Kier molecular flexibility index (Phi) is 4.40. The molecule has 17 heavy (non-hydrogen) atoms. The van der Waals surface area contributed by atoms with Gasteiger partial charge in [0.05, 0.1) is 29.1 Å². The summed E-state index contributed by atoms with van der Waals surface area (Å²) in [5, 5.41) is 38.4. The SMILES string of the molecule is N#CCC(O)C(O)c1cc(Cl)ccc1[N+](=O)[O-]. The quantitative estimate of drug-likeness (QED) is 0.628. The first kappa shape index (κ1) is 13.4. The standard InChI is InChI=1S/C10H9ClN2O4/c11-6-1-2-8(13(16)17)7(5-6)10(15)9(14)3-4-12/h1-2,5,9-10,14-15H,3H2. The number of aliphatic hydroxyl groups is 2. The zero-order valence-electron chi connectivity index (χ0n) is 8.58. The second-order valence-corrected chi connectivity index (χ2v) is 3.77. The van der Waals surface area contributed by atoms with E-state index in [9.17, 15) is 20.3 Å². The highest BCUT2D eigenvalue weighted by Crippen LogP contribution is 2.30. The van der Waals surface area contributed by atoms with Gasteiger partial charge in [-0.3, -0.25) is 10.1 Å². The van der Waals surface area contributed by atoms with Crippen LogP contribution in [0.5, 0.6) is 0 Å². The molecule has 0 aliphatic heterocycles. The van der Waals surface area contributed by atoms with Crippen LogP contribution in [0.25, 0.3) is 0 Å². The van der Waals surface area contributed by atoms with Crippen LogP contribution in [-0.2, 0) is 0 Å². The predicted octanol–water partition coefficient (Wildman–Crippen LogP) is 1.56. The van der Waals surface area contributed by atoms with Crippen molar-refractivity contribution in [2.24, 2.45) is 0 Å². The maximum atomic E-state index is 10.7. The van der Waals surface area contributed by atoms with Crippen LogP contribution in [0.3, 0.4) is 0 Å². The monoisotopic (exact) mass is 256 g/mol. The highest BCUT2D eigenvalue weighted by Gasteiger charge is 2.26. The van der Waals surface area contributed by atoms with Gasteiger partial charge in [-0.25, -0.2) is 0 Å². The number of nitriles is 1. The maximum absolute atomic E-state index is 10.7. The summed E-state index contributed by atoms with van der Waals surface area (Å²) in [6.45, 7) is 0. The minimum absolute atomic E-state index is 0.106. The van der Waals surface area contributed by atoms with Gasteiger partial charge in [-0.15, -0.1) is 0 Å². The van der Waals surface area contributed by atoms with Crippen molar-refractivity contribution in [2.75, 3.05) is 0 Å². The van der Waals surface area contributed by atoms with Crippen LogP contribution in [-0.4, -0.2) is 21.2 Å². The molecule has 0 radical (unpaired) electrons. The lowest BCUT2D eigenvalue weighted by Gasteiger charge is -2.15. The fourth-order valence-electron chi connectivity index (χ4n) is 1.34. The van der Waals surface area contributed by atoms with Crippen molar-refractivity contribution in [3.8, 4) is 6.07 Å². The Bertz CT molecular complexity index is 472. The van der Waals surface area contributed by atoms with Gasteiger partial charge >= 0.3 is 0 Å². The first-order chi connectivity index (χ1) is 7.97. The fourth-order valence-corrected chi connectivity index (χ4v) is 1.52. The Morgan fingerprint density at radius 2 is 2.18 bits per heavy atom. The molecule has 2 unspecified atom stereocenters. The number of aliphatic hydroxyl groups excluding tert-OH is 2. The smallest absolute Gasteiger partial charge is 0.275 e. The van der Waals surface area contributed by atoms with Crippen LogP contribution in [0, 0.1) is 21.4 Å². The molecule has 7 heteroatoms. The predicted molar refractivity (Wildman–Crippen MR) is 59.3 cm³/mol. The van der Waals surface area contributed by atoms with E-state index in [1.165, 1.54) is 12.1 Å². The van der Waals surface area contributed by atoms with Crippen LogP contribution < -0.4 is 0 Å². The van der Waals surface area contributed by atoms with E-state index in [4.69, 9.17) is 16.9 Å². The lowest BCUT2D eigenvalue weighted by Crippen LogP contribution is -2.18. The molecular weight excluding hydrogens is 248 g/mol. The summed E-state index contributed by atoms with van der Waals surface area (Å²) in [7, 11) is 0. The Labute approximate surface area is 102 Å². The third-order valence-corrected chi connectivity index (χ3v) is 2.40. The number of benzene rings is 1. The second kappa shape index (κ2) is 5.59. The van der Waals surface area contributed by atoms with E-state index in [1.54, 1.807) is 6.07 Å². The highest BCUT2D eigenvalue weighted by atomic mass is 35.5. The van der Waals surface area contributed by atoms with Crippen molar-refractivity contribution < 1.29 is 15.1 Å². The fraction of sp³-hybridized carbons (Fsp3) is 0.300. The summed E-state index contributed by atoms with van der Waals surface area (Å²) < 4.78 is 0. The average molecular weight is 257 g/mol. The molecule has 0 saturated heterocycles. The van der Waals surface area contributed by atoms with Crippen LogP contribution in [0.2, 0.25) is 5.02 Å². The summed E-state index contributed by atoms with van der Waals surface area (Å²) in [5.74, 6) is 0. The molecule has 0 aliphatic rings. The molecular formula is C10H9ClN2O4. The van der Waals surface area contributed by atoms with E-state index >= 15 is 0 Å². The summed E-state index contributed by atoms with van der Waals surface area (Å²) >= 11 is 5.67. The summed E-state index contributed by atoms with van der Waals surface area (Å²) in [6.07, 6.45) is -3.24. The number of hydrogen-bond donors (Lipinski definition) is 2. The van der Waals surface area contributed by atoms with E-state index in [2.05, 4.69) is 0 Å². The Morgan fingerprint density at radius 1 is 1.53 bits per heavy atom. The first-order valence-electron chi connectivity index (χ1n) is 4.64. The van der Waals surface area contributed by atoms with E-state index in [1.807, 2.05) is 0 Å². The van der Waals surface area contributed by atoms with Gasteiger partial charge in [-0.1, -0.05) is 11.6 Å². The molecule has 0 heterocycles. The largest absolute Gasteiger partial charge is 0.389 e. The minimum Gasteiger partial charge on any atom is -0.389 e. The highest BCUT2D eigenvalue weighted by molar-refractivity contribution is 6.30. The number of halogens is 1. The molecule has 1 rings (SSSR count). The topological polar surface area (TPSA) is 107 Å². The van der Waals surface area contributed by atoms with E-state index in [0.29, 0.717) is 0 Å². The van der Waals surface area contributed by atoms with E-state index in [-0.39, 0.29) is 22.7 Å². The summed E-state index contributed by atoms with van der Waals surface area (Å²) in [4.78, 5) is 10.0. The molecule has 0 aliphatic carbocycles. The number of nitro benzene ring substituents is 1. The maximum Gasteiger partial charge on any atom is 0.275 e. The van der Waals surface area contributed by atoms with Gasteiger partial charge in [-0.05, 0) is 12.1 Å². The van der Waals surface area contributed by atoms with Crippen molar-refractivity contribution >= 4 is 17.3 Å². The molecule has 0 spiro atoms. The molecule has 2 atom stereocenters. The van der Waals surface area contributed by atoms with Gasteiger partial charge in [0, 0.05) is 11.1 Å². The van der Waals surface area contributed by atoms with Crippen molar-refractivity contribution in [2.45, 2.75) is 18.6 Å². The third kappa shape index (κ3) is 3.14. The average Bonchev–Trinajstić information content (AvgIpc) is 2.27. The van der Waals surface area contributed by atoms with Crippen LogP contribution in [0.4, 0.5) is 5.69 Å². The van der Waals surface area contributed by atoms with E-state index in [0.717, 1.165) is 6.07 Å². The molecule has 90 valence electrons. The molecule has 0 fully saturated rings. The Balaban J connectivity index is 3.15. The lowest BCUT2D eigenvalue weighted by molar-refractivity contribution is -0.386. The van der Waals surface area contributed by atoms with Gasteiger partial charge in [0.1, 0.15) is 6.10 Å². The van der Waals surface area contributed by atoms with Gasteiger partial charge in [0.2, 0.25) is 0 Å². The zero-order chi connectivity index (χ0) is 13.0. The van der Waals surface area contributed by atoms with Crippen molar-refractivity contribution in [3.63, 3.8) is 0 Å². The van der Waals surface area contributed by atoms with E-state index < -0.39 is 17.1 Å². The Hall–Kier alpha value is -1.68. The molecule has 0 bridgehead atoms. The normalized spacial score (nSPS) is 13.8. The first-order valence-corrected chi connectivity index (χ1v) is 5.02. The van der Waals surface area contributed by atoms with Crippen molar-refractivity contribution in [3.05, 3.63) is 38.9 Å². The van der Waals surface area contributed by atoms with Crippen LogP contribution in [0.15, 0.2) is 18.2 Å². The number of rotatable bonds is 4. The third-order valence-electron chi connectivity index (χ3n) is 2.17. The number of hydrogen-bond acceptors (Lipinski definition) is 5. The lowest BCUT2D eigenvalue weighted by atomic mass is 10.0. The summed E-state index contributed by atoms with van der Waals surface area (Å²) in [5.41, 5.74) is -0.455. The molecule has 6 nitrogen and oxygen atoms in total. The second-order valence-electron chi connectivity index (χ2n) is 3.33. The summed E-state index contributed by atoms with van der Waals surface area (Å²) in [6, 6.07) is 5.32. The molecule has 1 aromatic carbocycles. The molecule has 0 aromatic heterocycles. The van der Waals surface area contributed by atoms with Gasteiger partial charge < -0.3 is 10.2 Å². The molecule has 2 N–H and O–H groups in total. The van der Waals surface area contributed by atoms with Crippen molar-refractivity contribution in [1.82, 2.24) is 0 Å². The van der Waals surface area contributed by atoms with Crippen LogP contribution >= 0.6 is 11.6 Å². The van der Waals surface area contributed by atoms with Crippen LogP contribution in [0.1, 0.15) is 18.1 Å². The number of nitrogens with zero attached hydrogens (tertiary/aromatic N) is 2. The van der Waals surface area contributed by atoms with Gasteiger partial charge in [0.25, 0.3) is 5.69 Å². The minimum atomic E-state index is -1.52. The van der Waals surface area contributed by atoms with Crippen molar-refractivity contribution in [1.29, 1.82) is 5.26 Å². The molecule has 1 aromatic rings. The number of nitro groups is 1.